The molecule has 0 atom stereocenters. The Balaban J connectivity index is 2.27. The highest BCUT2D eigenvalue weighted by Crippen LogP contribution is 2.25. The first-order valence-corrected chi connectivity index (χ1v) is 5.62. The van der Waals surface area contributed by atoms with E-state index in [0.29, 0.717) is 5.03 Å². The average molecular weight is 250 g/mol. The van der Waals surface area contributed by atoms with Gasteiger partial charge >= 0.3 is 5.97 Å². The summed E-state index contributed by atoms with van der Waals surface area (Å²) in [4.78, 5) is 18.6. The lowest BCUT2D eigenvalue weighted by Crippen LogP contribution is -2.01. The minimum Gasteiger partial charge on any atom is -0.476 e. The van der Waals surface area contributed by atoms with Crippen molar-refractivity contribution in [2.24, 2.45) is 7.05 Å². The molecule has 6 nitrogen and oxygen atoms in total. The first kappa shape index (κ1) is 11.6. The SMILES string of the molecule is Cc1cc(Sc2cncc(C(=O)O)n2)n(C)n1. The molecule has 0 amide bonds. The molecule has 0 aliphatic heterocycles. The molecule has 7 heteroatoms. The Morgan fingerprint density at radius 1 is 1.47 bits per heavy atom. The Morgan fingerprint density at radius 3 is 2.82 bits per heavy atom. The van der Waals surface area contributed by atoms with Crippen molar-refractivity contribution in [2.75, 3.05) is 0 Å². The lowest BCUT2D eigenvalue weighted by molar-refractivity contribution is 0.0689. The molecule has 2 aromatic rings. The number of aryl methyl sites for hydroxylation is 2. The van der Waals surface area contributed by atoms with Crippen LogP contribution in [0.1, 0.15) is 16.2 Å². The number of hydrogen-bond acceptors (Lipinski definition) is 5. The number of carboxylic acids is 1. The van der Waals surface area contributed by atoms with Crippen LogP contribution in [0.15, 0.2) is 28.5 Å². The number of carbonyl (C=O) groups is 1. The molecule has 0 fully saturated rings. The smallest absolute Gasteiger partial charge is 0.356 e. The lowest BCUT2D eigenvalue weighted by atomic mass is 10.5. The van der Waals surface area contributed by atoms with E-state index in [2.05, 4.69) is 15.1 Å². The van der Waals surface area contributed by atoms with Crippen molar-refractivity contribution >= 4 is 17.7 Å². The van der Waals surface area contributed by atoms with Crippen LogP contribution in [0.4, 0.5) is 0 Å². The normalized spacial score (nSPS) is 10.5. The van der Waals surface area contributed by atoms with Crippen LogP contribution in [0, 0.1) is 6.92 Å². The molecule has 2 heterocycles. The number of nitrogens with zero attached hydrogens (tertiary/aromatic N) is 4. The molecule has 0 radical (unpaired) electrons. The van der Waals surface area contributed by atoms with E-state index >= 15 is 0 Å². The molecule has 0 unspecified atom stereocenters. The van der Waals surface area contributed by atoms with Crippen molar-refractivity contribution in [1.82, 2.24) is 19.7 Å². The van der Waals surface area contributed by atoms with Gasteiger partial charge in [-0.05, 0) is 24.8 Å². The molecule has 17 heavy (non-hydrogen) atoms. The summed E-state index contributed by atoms with van der Waals surface area (Å²) in [6, 6.07) is 1.90. The Labute approximate surface area is 102 Å². The maximum Gasteiger partial charge on any atom is 0.356 e. The van der Waals surface area contributed by atoms with E-state index in [1.54, 1.807) is 4.68 Å². The van der Waals surface area contributed by atoms with Gasteiger partial charge in [-0.1, -0.05) is 0 Å². The fourth-order valence-electron chi connectivity index (χ4n) is 1.29. The summed E-state index contributed by atoms with van der Waals surface area (Å²) < 4.78 is 1.72. The fourth-order valence-corrected chi connectivity index (χ4v) is 2.16. The largest absolute Gasteiger partial charge is 0.476 e. The molecule has 0 bridgehead atoms. The number of aromatic nitrogens is 4. The van der Waals surface area contributed by atoms with Crippen LogP contribution in [0.25, 0.3) is 0 Å². The van der Waals surface area contributed by atoms with Gasteiger partial charge in [0.15, 0.2) is 5.69 Å². The van der Waals surface area contributed by atoms with Gasteiger partial charge in [-0.15, -0.1) is 0 Å². The van der Waals surface area contributed by atoms with Crippen molar-refractivity contribution in [3.05, 3.63) is 29.8 Å². The van der Waals surface area contributed by atoms with E-state index in [4.69, 9.17) is 5.11 Å². The van der Waals surface area contributed by atoms with Crippen molar-refractivity contribution < 1.29 is 9.90 Å². The summed E-state index contributed by atoms with van der Waals surface area (Å²) in [7, 11) is 1.82. The molecule has 0 spiro atoms. The Kier molecular flexibility index (Phi) is 3.10. The first-order valence-electron chi connectivity index (χ1n) is 4.80. The zero-order valence-electron chi connectivity index (χ0n) is 9.28. The van der Waals surface area contributed by atoms with Crippen LogP contribution in [0.3, 0.4) is 0 Å². The van der Waals surface area contributed by atoms with Crippen LogP contribution in [-0.2, 0) is 7.05 Å². The highest BCUT2D eigenvalue weighted by Gasteiger charge is 2.09. The number of carboxylic acid groups (broad SMARTS) is 1. The van der Waals surface area contributed by atoms with Crippen molar-refractivity contribution in [3.63, 3.8) is 0 Å². The van der Waals surface area contributed by atoms with Gasteiger partial charge in [-0.3, -0.25) is 9.67 Å². The van der Waals surface area contributed by atoms with Gasteiger partial charge < -0.3 is 5.11 Å². The molecular weight excluding hydrogens is 240 g/mol. The minimum absolute atomic E-state index is 0.0612. The maximum absolute atomic E-state index is 10.7. The van der Waals surface area contributed by atoms with Gasteiger partial charge in [0.05, 0.1) is 18.1 Å². The second kappa shape index (κ2) is 4.54. The number of rotatable bonds is 3. The molecule has 88 valence electrons. The van der Waals surface area contributed by atoms with Gasteiger partial charge in [0.25, 0.3) is 0 Å². The highest BCUT2D eigenvalue weighted by atomic mass is 32.2. The van der Waals surface area contributed by atoms with E-state index in [1.807, 2.05) is 20.0 Å². The van der Waals surface area contributed by atoms with Crippen LogP contribution in [0.2, 0.25) is 0 Å². The molecule has 2 rings (SSSR count). The molecule has 0 saturated carbocycles. The Bertz CT molecular complexity index is 567. The highest BCUT2D eigenvalue weighted by molar-refractivity contribution is 7.99. The standard InChI is InChI=1S/C10H10N4O2S/c1-6-3-9(14(2)13-6)17-8-5-11-4-7(12-8)10(15)16/h3-5H,1-2H3,(H,15,16). The monoisotopic (exact) mass is 250 g/mol. The Hall–Kier alpha value is -1.89. The summed E-state index contributed by atoms with van der Waals surface area (Å²) in [5, 5.41) is 14.4. The zero-order chi connectivity index (χ0) is 12.4. The molecule has 0 aliphatic rings. The van der Waals surface area contributed by atoms with E-state index in [0.717, 1.165) is 10.7 Å². The molecule has 0 saturated heterocycles. The quantitative estimate of drug-likeness (QED) is 0.886. The predicted molar refractivity (Wildman–Crippen MR) is 61.1 cm³/mol. The second-order valence-electron chi connectivity index (χ2n) is 3.40. The van der Waals surface area contributed by atoms with Crippen LogP contribution < -0.4 is 0 Å². The van der Waals surface area contributed by atoms with E-state index < -0.39 is 5.97 Å². The predicted octanol–water partition coefficient (Wildman–Crippen LogP) is 1.37. The molecule has 2 aromatic heterocycles. The van der Waals surface area contributed by atoms with Gasteiger partial charge in [-0.2, -0.15) is 5.10 Å². The first-order chi connectivity index (χ1) is 8.06. The molecule has 1 N–H and O–H groups in total. The summed E-state index contributed by atoms with van der Waals surface area (Å²) in [6.07, 6.45) is 2.75. The van der Waals surface area contributed by atoms with Gasteiger partial charge in [-0.25, -0.2) is 9.78 Å². The zero-order valence-corrected chi connectivity index (χ0v) is 10.1. The summed E-state index contributed by atoms with van der Waals surface area (Å²) in [6.45, 7) is 1.89. The third kappa shape index (κ3) is 2.62. The van der Waals surface area contributed by atoms with Gasteiger partial charge in [0.1, 0.15) is 10.1 Å². The Morgan fingerprint density at radius 2 is 2.24 bits per heavy atom. The lowest BCUT2D eigenvalue weighted by Gasteiger charge is -2.01. The van der Waals surface area contributed by atoms with Crippen molar-refractivity contribution in [1.29, 1.82) is 0 Å². The third-order valence-electron chi connectivity index (χ3n) is 2.00. The van der Waals surface area contributed by atoms with Crippen LogP contribution in [-0.4, -0.2) is 30.8 Å². The number of hydrogen-bond donors (Lipinski definition) is 1. The molecule has 0 aromatic carbocycles. The summed E-state index contributed by atoms with van der Waals surface area (Å²) >= 11 is 1.33. The minimum atomic E-state index is -1.08. The second-order valence-corrected chi connectivity index (χ2v) is 4.44. The van der Waals surface area contributed by atoms with Crippen LogP contribution in [0.5, 0.6) is 0 Å². The average Bonchev–Trinajstić information content (AvgIpc) is 2.58. The fraction of sp³-hybridized carbons (Fsp3) is 0.200. The van der Waals surface area contributed by atoms with Crippen LogP contribution >= 0.6 is 11.8 Å². The van der Waals surface area contributed by atoms with Gasteiger partial charge in [0.2, 0.25) is 0 Å². The number of aromatic carboxylic acids is 1. The van der Waals surface area contributed by atoms with Gasteiger partial charge in [0, 0.05) is 7.05 Å². The molecular formula is C10H10N4O2S. The topological polar surface area (TPSA) is 80.9 Å². The van der Waals surface area contributed by atoms with E-state index in [-0.39, 0.29) is 5.69 Å². The summed E-state index contributed by atoms with van der Waals surface area (Å²) in [5.41, 5.74) is 0.839. The molecule has 0 aliphatic carbocycles. The maximum atomic E-state index is 10.7. The van der Waals surface area contributed by atoms with Crippen molar-refractivity contribution in [2.45, 2.75) is 17.0 Å². The van der Waals surface area contributed by atoms with E-state index in [9.17, 15) is 4.79 Å². The van der Waals surface area contributed by atoms with E-state index in [1.165, 1.54) is 24.2 Å². The summed E-state index contributed by atoms with van der Waals surface area (Å²) in [5.74, 6) is -1.08. The van der Waals surface area contributed by atoms with Crippen molar-refractivity contribution in [3.8, 4) is 0 Å². The third-order valence-corrected chi connectivity index (χ3v) is 3.00.